The Morgan fingerprint density at radius 2 is 2.17 bits per heavy atom. The Bertz CT molecular complexity index is 889. The molecule has 8 nitrogen and oxygen atoms in total. The second-order valence-electron chi connectivity index (χ2n) is 6.93. The first-order valence-electron chi connectivity index (χ1n) is 9.68. The third kappa shape index (κ3) is 6.43. The van der Waals surface area contributed by atoms with Gasteiger partial charge in [0.25, 0.3) is 0 Å². The summed E-state index contributed by atoms with van der Waals surface area (Å²) in [5, 5.41) is 7.96. The minimum Gasteiger partial charge on any atom is -0.462 e. The number of carbonyl (C=O) groups is 2. The molecule has 0 unspecified atom stereocenters. The van der Waals surface area contributed by atoms with Gasteiger partial charge in [0.2, 0.25) is 5.91 Å². The number of esters is 1. The van der Waals surface area contributed by atoms with E-state index in [0.717, 1.165) is 18.7 Å². The van der Waals surface area contributed by atoms with E-state index in [0.29, 0.717) is 35.3 Å². The van der Waals surface area contributed by atoms with E-state index in [1.807, 2.05) is 12.1 Å². The van der Waals surface area contributed by atoms with Gasteiger partial charge in [-0.25, -0.2) is 4.79 Å². The molecule has 0 bridgehead atoms. The van der Waals surface area contributed by atoms with Gasteiger partial charge in [0.15, 0.2) is 0 Å². The number of hydrogen-bond acceptors (Lipinski definition) is 6. The molecular weight excluding hydrogens is 431 g/mol. The molecule has 1 aliphatic heterocycles. The molecule has 0 radical (unpaired) electrons. The highest BCUT2D eigenvalue weighted by atomic mass is 35.5. The van der Waals surface area contributed by atoms with Gasteiger partial charge in [-0.3, -0.25) is 14.4 Å². The number of hydrogen-bond donors (Lipinski definition) is 1. The van der Waals surface area contributed by atoms with Crippen molar-refractivity contribution < 1.29 is 19.1 Å². The van der Waals surface area contributed by atoms with Crippen LogP contribution in [0.3, 0.4) is 0 Å². The number of amides is 1. The lowest BCUT2D eigenvalue weighted by Crippen LogP contribution is -2.47. The summed E-state index contributed by atoms with van der Waals surface area (Å²) in [6, 6.07) is 5.61. The fourth-order valence-corrected chi connectivity index (χ4v) is 3.46. The molecule has 1 fully saturated rings. The van der Waals surface area contributed by atoms with E-state index in [1.54, 1.807) is 13.0 Å². The van der Waals surface area contributed by atoms with Crippen LogP contribution in [0.2, 0.25) is 10.0 Å². The summed E-state index contributed by atoms with van der Waals surface area (Å²) in [6.07, 6.45) is 2.77. The third-order valence-corrected chi connectivity index (χ3v) is 5.33. The molecule has 10 heteroatoms. The molecule has 1 N–H and O–H groups in total. The Kier molecular flexibility index (Phi) is 8.09. The Morgan fingerprint density at radius 1 is 1.33 bits per heavy atom. The largest absolute Gasteiger partial charge is 0.462 e. The van der Waals surface area contributed by atoms with Gasteiger partial charge < -0.3 is 14.8 Å². The van der Waals surface area contributed by atoms with Crippen LogP contribution in [0.4, 0.5) is 0 Å². The maximum atomic E-state index is 12.2. The number of benzene rings is 1. The number of ether oxygens (including phenoxy) is 2. The molecule has 0 saturated carbocycles. The van der Waals surface area contributed by atoms with E-state index in [2.05, 4.69) is 15.3 Å². The topological polar surface area (TPSA) is 85.7 Å². The quantitative estimate of drug-likeness (QED) is 0.616. The van der Waals surface area contributed by atoms with Crippen molar-refractivity contribution in [3.63, 3.8) is 0 Å². The summed E-state index contributed by atoms with van der Waals surface area (Å²) in [5.74, 6) is -0.666. The van der Waals surface area contributed by atoms with Crippen LogP contribution < -0.4 is 5.32 Å². The molecule has 2 aromatic rings. The molecular formula is C20H24Cl2N4O4. The molecule has 30 heavy (non-hydrogen) atoms. The summed E-state index contributed by atoms with van der Waals surface area (Å²) in [7, 11) is 0. The Hall–Kier alpha value is -2.13. The molecule has 1 aliphatic rings. The lowest BCUT2D eigenvalue weighted by atomic mass is 10.2. The molecule has 162 valence electrons. The molecule has 2 heterocycles. The van der Waals surface area contributed by atoms with E-state index in [9.17, 15) is 9.59 Å². The van der Waals surface area contributed by atoms with E-state index < -0.39 is 5.97 Å². The summed E-state index contributed by atoms with van der Waals surface area (Å²) in [5.41, 5.74) is 1.39. The summed E-state index contributed by atoms with van der Waals surface area (Å²) in [4.78, 5) is 26.1. The molecule has 1 aromatic carbocycles. The van der Waals surface area contributed by atoms with Gasteiger partial charge in [0.05, 0.1) is 41.1 Å². The van der Waals surface area contributed by atoms with Crippen molar-refractivity contribution in [1.29, 1.82) is 0 Å². The minimum atomic E-state index is -0.457. The van der Waals surface area contributed by atoms with Crippen LogP contribution in [0.5, 0.6) is 0 Å². The highest BCUT2D eigenvalue weighted by Crippen LogP contribution is 2.23. The first-order chi connectivity index (χ1) is 14.4. The summed E-state index contributed by atoms with van der Waals surface area (Å²) in [6.45, 7) is 5.23. The standard InChI is InChI=1S/C20H24Cl2N4O4/c1-2-29-20(28)15-8-24-26(11-15)13-19(27)23-9-16-12-25(5-6-30-16)10-14-3-4-17(21)18(22)7-14/h3-4,7-8,11,16H,2,5-6,9-10,12-13H2,1H3,(H,23,27)/t16-/m0/s1. The van der Waals surface area contributed by atoms with Gasteiger partial charge in [-0.15, -0.1) is 0 Å². The van der Waals surface area contributed by atoms with Crippen molar-refractivity contribution in [3.8, 4) is 0 Å². The van der Waals surface area contributed by atoms with Gasteiger partial charge in [-0.2, -0.15) is 5.10 Å². The van der Waals surface area contributed by atoms with Crippen LogP contribution >= 0.6 is 23.2 Å². The zero-order valence-electron chi connectivity index (χ0n) is 16.6. The monoisotopic (exact) mass is 454 g/mol. The van der Waals surface area contributed by atoms with Gasteiger partial charge in [-0.05, 0) is 24.6 Å². The van der Waals surface area contributed by atoms with Crippen LogP contribution in [0, 0.1) is 0 Å². The SMILES string of the molecule is CCOC(=O)c1cnn(CC(=O)NC[C@H]2CN(Cc3ccc(Cl)c(Cl)c3)CCO2)c1. The normalized spacial score (nSPS) is 17.0. The van der Waals surface area contributed by atoms with Crippen LogP contribution in [0.15, 0.2) is 30.6 Å². The fourth-order valence-electron chi connectivity index (χ4n) is 3.14. The zero-order chi connectivity index (χ0) is 21.5. The maximum absolute atomic E-state index is 12.2. The lowest BCUT2D eigenvalue weighted by molar-refractivity contribution is -0.123. The van der Waals surface area contributed by atoms with Gasteiger partial charge in [0.1, 0.15) is 6.54 Å². The van der Waals surface area contributed by atoms with Gasteiger partial charge in [-0.1, -0.05) is 29.3 Å². The number of morpholine rings is 1. The third-order valence-electron chi connectivity index (χ3n) is 4.59. The summed E-state index contributed by atoms with van der Waals surface area (Å²) >= 11 is 12.1. The van der Waals surface area contributed by atoms with Crippen molar-refractivity contribution in [2.24, 2.45) is 0 Å². The van der Waals surface area contributed by atoms with Crippen molar-refractivity contribution in [2.75, 3.05) is 32.8 Å². The first-order valence-corrected chi connectivity index (χ1v) is 10.4. The Morgan fingerprint density at radius 3 is 2.93 bits per heavy atom. The molecule has 0 spiro atoms. The van der Waals surface area contributed by atoms with E-state index in [-0.39, 0.29) is 25.2 Å². The number of halogens is 2. The van der Waals surface area contributed by atoms with E-state index in [1.165, 1.54) is 17.1 Å². The number of nitrogens with one attached hydrogen (secondary N) is 1. The molecule has 1 saturated heterocycles. The number of aromatic nitrogens is 2. The molecule has 1 amide bonds. The highest BCUT2D eigenvalue weighted by Gasteiger charge is 2.21. The van der Waals surface area contributed by atoms with E-state index in [4.69, 9.17) is 32.7 Å². The van der Waals surface area contributed by atoms with Crippen LogP contribution in [0.1, 0.15) is 22.8 Å². The average molecular weight is 455 g/mol. The number of carbonyl (C=O) groups excluding carboxylic acids is 2. The second-order valence-corrected chi connectivity index (χ2v) is 7.74. The second kappa shape index (κ2) is 10.8. The summed E-state index contributed by atoms with van der Waals surface area (Å²) < 4.78 is 12.1. The van der Waals surface area contributed by atoms with Crippen molar-refractivity contribution >= 4 is 35.1 Å². The van der Waals surface area contributed by atoms with Crippen LogP contribution in [-0.4, -0.2) is 65.5 Å². The predicted molar refractivity (Wildman–Crippen MR) is 113 cm³/mol. The molecule has 1 aromatic heterocycles. The van der Waals surface area contributed by atoms with E-state index >= 15 is 0 Å². The first kappa shape index (κ1) is 22.6. The van der Waals surface area contributed by atoms with Crippen molar-refractivity contribution in [2.45, 2.75) is 26.1 Å². The molecule has 0 aliphatic carbocycles. The average Bonchev–Trinajstić information content (AvgIpc) is 3.18. The number of rotatable bonds is 8. The lowest BCUT2D eigenvalue weighted by Gasteiger charge is -2.33. The smallest absolute Gasteiger partial charge is 0.341 e. The van der Waals surface area contributed by atoms with Crippen LogP contribution in [-0.2, 0) is 27.4 Å². The predicted octanol–water partition coefficient (Wildman–Crippen LogP) is 2.38. The maximum Gasteiger partial charge on any atom is 0.341 e. The van der Waals surface area contributed by atoms with Crippen molar-refractivity contribution in [3.05, 3.63) is 51.8 Å². The van der Waals surface area contributed by atoms with Gasteiger partial charge in [0, 0.05) is 32.4 Å². The minimum absolute atomic E-state index is 0.0130. The zero-order valence-corrected chi connectivity index (χ0v) is 18.2. The van der Waals surface area contributed by atoms with Crippen LogP contribution in [0.25, 0.3) is 0 Å². The Balaban J connectivity index is 1.44. The fraction of sp³-hybridized carbons (Fsp3) is 0.450. The van der Waals surface area contributed by atoms with Crippen molar-refractivity contribution in [1.82, 2.24) is 20.0 Å². The van der Waals surface area contributed by atoms with Gasteiger partial charge >= 0.3 is 5.97 Å². The molecule has 3 rings (SSSR count). The molecule has 1 atom stereocenters. The number of nitrogens with zero attached hydrogens (tertiary/aromatic N) is 3. The Labute approximate surface area is 185 Å². The highest BCUT2D eigenvalue weighted by molar-refractivity contribution is 6.42.